The van der Waals surface area contributed by atoms with Crippen molar-refractivity contribution in [1.82, 2.24) is 0 Å². The number of halogens is 1. The predicted molar refractivity (Wildman–Crippen MR) is 100 cm³/mol. The highest BCUT2D eigenvalue weighted by Gasteiger charge is 2.05. The van der Waals surface area contributed by atoms with Crippen molar-refractivity contribution >= 4 is 34.8 Å². The van der Waals surface area contributed by atoms with Crippen molar-refractivity contribution in [2.45, 2.75) is 26.7 Å². The summed E-state index contributed by atoms with van der Waals surface area (Å²) < 4.78 is 5.67. The zero-order valence-corrected chi connectivity index (χ0v) is 15.0. The predicted octanol–water partition coefficient (Wildman–Crippen LogP) is 4.40. The molecule has 0 radical (unpaired) electrons. The van der Waals surface area contributed by atoms with Crippen molar-refractivity contribution in [2.24, 2.45) is 0 Å². The van der Waals surface area contributed by atoms with E-state index in [4.69, 9.17) is 16.3 Å². The summed E-state index contributed by atoms with van der Waals surface area (Å²) >= 11 is 5.90. The van der Waals surface area contributed by atoms with Gasteiger partial charge in [0, 0.05) is 29.7 Å². The first-order chi connectivity index (χ1) is 11.9. The molecule has 2 amide bonds. The van der Waals surface area contributed by atoms with Crippen LogP contribution in [0.15, 0.2) is 42.5 Å². The highest BCUT2D eigenvalue weighted by molar-refractivity contribution is 6.30. The molecule has 132 valence electrons. The van der Waals surface area contributed by atoms with Gasteiger partial charge in [0.25, 0.3) is 0 Å². The maximum atomic E-state index is 11.9. The van der Waals surface area contributed by atoms with Crippen molar-refractivity contribution in [3.63, 3.8) is 0 Å². The molecular formula is C19H21ClN2O3. The number of hydrogen-bond acceptors (Lipinski definition) is 3. The molecule has 0 spiro atoms. The number of nitrogens with one attached hydrogen (secondary N) is 2. The zero-order valence-electron chi connectivity index (χ0n) is 14.3. The number of benzene rings is 2. The molecule has 25 heavy (non-hydrogen) atoms. The summed E-state index contributed by atoms with van der Waals surface area (Å²) in [5.41, 5.74) is 2.35. The van der Waals surface area contributed by atoms with E-state index in [2.05, 4.69) is 10.6 Å². The number of anilines is 2. The summed E-state index contributed by atoms with van der Waals surface area (Å²) in [6.45, 7) is 3.83. The van der Waals surface area contributed by atoms with Crippen LogP contribution in [0.3, 0.4) is 0 Å². The van der Waals surface area contributed by atoms with E-state index in [0.717, 1.165) is 11.3 Å². The number of rotatable bonds is 7. The smallest absolute Gasteiger partial charge is 0.224 e. The second-order valence-corrected chi connectivity index (χ2v) is 6.10. The van der Waals surface area contributed by atoms with Crippen LogP contribution >= 0.6 is 11.6 Å². The molecule has 2 N–H and O–H groups in total. The fraction of sp³-hybridized carbons (Fsp3) is 0.263. The van der Waals surface area contributed by atoms with Crippen molar-refractivity contribution < 1.29 is 14.3 Å². The molecule has 0 saturated carbocycles. The number of ether oxygens (including phenoxy) is 1. The van der Waals surface area contributed by atoms with E-state index in [-0.39, 0.29) is 11.8 Å². The molecule has 0 fully saturated rings. The molecule has 0 bridgehead atoms. The minimum atomic E-state index is -0.132. The van der Waals surface area contributed by atoms with Gasteiger partial charge in [-0.25, -0.2) is 0 Å². The van der Waals surface area contributed by atoms with Crippen molar-refractivity contribution in [3.05, 3.63) is 53.1 Å². The Balaban J connectivity index is 1.72. The Kier molecular flexibility index (Phi) is 6.83. The third-order valence-corrected chi connectivity index (χ3v) is 3.67. The standard InChI is InChI=1S/C19H21ClN2O3/c1-13-12-15(20)5-10-18(13)25-11-3-4-19(24)22-17-8-6-16(7-9-17)21-14(2)23/h5-10,12H,3-4,11H2,1-2H3,(H,21,23)(H,22,24). The van der Waals surface area contributed by atoms with E-state index in [1.807, 2.05) is 19.1 Å². The molecule has 2 aromatic carbocycles. The van der Waals surface area contributed by atoms with Crippen molar-refractivity contribution in [2.75, 3.05) is 17.2 Å². The van der Waals surface area contributed by atoms with Crippen LogP contribution < -0.4 is 15.4 Å². The molecule has 6 heteroatoms. The molecular weight excluding hydrogens is 340 g/mol. The number of carbonyl (C=O) groups is 2. The lowest BCUT2D eigenvalue weighted by Gasteiger charge is -2.10. The Morgan fingerprint density at radius 1 is 1.04 bits per heavy atom. The molecule has 5 nitrogen and oxygen atoms in total. The van der Waals surface area contributed by atoms with Gasteiger partial charge in [-0.15, -0.1) is 0 Å². The largest absolute Gasteiger partial charge is 0.493 e. The summed E-state index contributed by atoms with van der Waals surface area (Å²) in [4.78, 5) is 22.9. The van der Waals surface area contributed by atoms with Crippen molar-refractivity contribution in [1.29, 1.82) is 0 Å². The minimum absolute atomic E-state index is 0.0799. The van der Waals surface area contributed by atoms with Gasteiger partial charge in [-0.05, 0) is 61.4 Å². The van der Waals surface area contributed by atoms with Crippen LogP contribution in [0, 0.1) is 6.92 Å². The lowest BCUT2D eigenvalue weighted by molar-refractivity contribution is -0.116. The van der Waals surface area contributed by atoms with Crippen LogP contribution in [0.25, 0.3) is 0 Å². The van der Waals surface area contributed by atoms with E-state index in [1.54, 1.807) is 30.3 Å². The summed E-state index contributed by atoms with van der Waals surface area (Å²) in [6, 6.07) is 12.4. The molecule has 0 aliphatic carbocycles. The van der Waals surface area contributed by atoms with Crippen LogP contribution in [0.5, 0.6) is 5.75 Å². The van der Waals surface area contributed by atoms with Crippen LogP contribution in [0.1, 0.15) is 25.3 Å². The lowest BCUT2D eigenvalue weighted by Crippen LogP contribution is -2.13. The van der Waals surface area contributed by atoms with E-state index < -0.39 is 0 Å². The molecule has 0 aliphatic heterocycles. The number of amides is 2. The molecule has 0 saturated heterocycles. The van der Waals surface area contributed by atoms with E-state index >= 15 is 0 Å². The Morgan fingerprint density at radius 2 is 1.68 bits per heavy atom. The van der Waals surface area contributed by atoms with Crippen LogP contribution in [-0.2, 0) is 9.59 Å². The number of aryl methyl sites for hydroxylation is 1. The third kappa shape index (κ3) is 6.47. The van der Waals surface area contributed by atoms with E-state index in [9.17, 15) is 9.59 Å². The topological polar surface area (TPSA) is 67.4 Å². The summed E-state index contributed by atoms with van der Waals surface area (Å²) in [5, 5.41) is 6.16. The Bertz CT molecular complexity index is 745. The highest BCUT2D eigenvalue weighted by Crippen LogP contribution is 2.22. The van der Waals surface area contributed by atoms with Crippen LogP contribution in [0.2, 0.25) is 5.02 Å². The van der Waals surface area contributed by atoms with Crippen molar-refractivity contribution in [3.8, 4) is 5.75 Å². The first-order valence-electron chi connectivity index (χ1n) is 8.00. The minimum Gasteiger partial charge on any atom is -0.493 e. The summed E-state index contributed by atoms with van der Waals surface area (Å²) in [6.07, 6.45) is 0.970. The van der Waals surface area contributed by atoms with Gasteiger partial charge in [0.2, 0.25) is 11.8 Å². The van der Waals surface area contributed by atoms with Gasteiger partial charge in [0.1, 0.15) is 5.75 Å². The first-order valence-corrected chi connectivity index (χ1v) is 8.38. The first kappa shape index (κ1) is 18.8. The second-order valence-electron chi connectivity index (χ2n) is 5.67. The Labute approximate surface area is 152 Å². The molecule has 0 atom stereocenters. The Hall–Kier alpha value is -2.53. The van der Waals surface area contributed by atoms with E-state index in [0.29, 0.717) is 35.8 Å². The van der Waals surface area contributed by atoms with Gasteiger partial charge in [-0.3, -0.25) is 9.59 Å². The van der Waals surface area contributed by atoms with E-state index in [1.165, 1.54) is 6.92 Å². The monoisotopic (exact) mass is 360 g/mol. The van der Waals surface area contributed by atoms with Crippen LogP contribution in [-0.4, -0.2) is 18.4 Å². The fourth-order valence-corrected chi connectivity index (χ4v) is 2.48. The van der Waals surface area contributed by atoms with Gasteiger partial charge in [0.05, 0.1) is 6.61 Å². The lowest BCUT2D eigenvalue weighted by atomic mass is 10.2. The summed E-state index contributed by atoms with van der Waals surface area (Å²) in [7, 11) is 0. The quantitative estimate of drug-likeness (QED) is 0.719. The number of carbonyl (C=O) groups excluding carboxylic acids is 2. The zero-order chi connectivity index (χ0) is 18.2. The molecule has 0 heterocycles. The molecule has 0 aliphatic rings. The third-order valence-electron chi connectivity index (χ3n) is 3.43. The normalized spacial score (nSPS) is 10.2. The summed E-state index contributed by atoms with van der Waals surface area (Å²) in [5.74, 6) is 0.565. The molecule has 0 unspecified atom stereocenters. The average Bonchev–Trinajstić information content (AvgIpc) is 2.54. The maximum absolute atomic E-state index is 11.9. The van der Waals surface area contributed by atoms with Crippen LogP contribution in [0.4, 0.5) is 11.4 Å². The SMILES string of the molecule is CC(=O)Nc1ccc(NC(=O)CCCOc2ccc(Cl)cc2C)cc1. The van der Waals surface area contributed by atoms with Gasteiger partial charge >= 0.3 is 0 Å². The number of hydrogen-bond donors (Lipinski definition) is 2. The van der Waals surface area contributed by atoms with Gasteiger partial charge in [-0.1, -0.05) is 11.6 Å². The Morgan fingerprint density at radius 3 is 2.28 bits per heavy atom. The fourth-order valence-electron chi connectivity index (χ4n) is 2.25. The average molecular weight is 361 g/mol. The highest BCUT2D eigenvalue weighted by atomic mass is 35.5. The van der Waals surface area contributed by atoms with Gasteiger partial charge in [-0.2, -0.15) is 0 Å². The molecule has 2 aromatic rings. The van der Waals surface area contributed by atoms with Gasteiger partial charge < -0.3 is 15.4 Å². The maximum Gasteiger partial charge on any atom is 0.224 e. The van der Waals surface area contributed by atoms with Gasteiger partial charge in [0.15, 0.2) is 0 Å². The molecule has 0 aromatic heterocycles. The molecule has 2 rings (SSSR count). The second kappa shape index (κ2) is 9.08.